The summed E-state index contributed by atoms with van der Waals surface area (Å²) < 4.78 is 23.4. The Labute approximate surface area is 115 Å². The Morgan fingerprint density at radius 3 is 2.42 bits per heavy atom. The van der Waals surface area contributed by atoms with E-state index >= 15 is 0 Å². The molecule has 106 valence electrons. The number of rotatable bonds is 3. The summed E-state index contributed by atoms with van der Waals surface area (Å²) in [5.41, 5.74) is -0.0842. The van der Waals surface area contributed by atoms with Crippen LogP contribution in [0.25, 0.3) is 0 Å². The van der Waals surface area contributed by atoms with Crippen LogP contribution in [0.1, 0.15) is 38.2 Å². The van der Waals surface area contributed by atoms with Gasteiger partial charge in [0, 0.05) is 6.26 Å². The van der Waals surface area contributed by atoms with Gasteiger partial charge in [-0.25, -0.2) is 8.42 Å². The first-order valence-corrected chi connectivity index (χ1v) is 8.74. The van der Waals surface area contributed by atoms with Crippen molar-refractivity contribution in [2.75, 3.05) is 6.26 Å². The molecule has 1 aliphatic carbocycles. The monoisotopic (exact) mass is 282 g/mol. The van der Waals surface area contributed by atoms with Crippen LogP contribution in [0, 0.1) is 5.92 Å². The summed E-state index contributed by atoms with van der Waals surface area (Å²) in [5, 5.41) is 10.5. The number of hydrogen-bond donors (Lipinski definition) is 1. The summed E-state index contributed by atoms with van der Waals surface area (Å²) in [7, 11) is -3.01. The van der Waals surface area contributed by atoms with Crippen LogP contribution in [0.15, 0.2) is 30.3 Å². The van der Waals surface area contributed by atoms with Crippen LogP contribution in [0.2, 0.25) is 0 Å². The minimum Gasteiger partial charge on any atom is -0.385 e. The molecule has 1 aromatic carbocycles. The molecule has 0 bridgehead atoms. The van der Waals surface area contributed by atoms with Crippen molar-refractivity contribution in [2.24, 2.45) is 5.92 Å². The van der Waals surface area contributed by atoms with Crippen molar-refractivity contribution < 1.29 is 13.5 Å². The lowest BCUT2D eigenvalue weighted by molar-refractivity contribution is -0.0208. The van der Waals surface area contributed by atoms with Crippen molar-refractivity contribution >= 4 is 9.84 Å². The molecular weight excluding hydrogens is 260 g/mol. The van der Waals surface area contributed by atoms with Crippen LogP contribution >= 0.6 is 0 Å². The smallest absolute Gasteiger partial charge is 0.150 e. The number of hydrogen-bond acceptors (Lipinski definition) is 3. The Morgan fingerprint density at radius 1 is 1.21 bits per heavy atom. The minimum absolute atomic E-state index is 0.00312. The summed E-state index contributed by atoms with van der Waals surface area (Å²) >= 11 is 0. The first-order valence-electron chi connectivity index (χ1n) is 6.78. The van der Waals surface area contributed by atoms with Crippen molar-refractivity contribution in [1.82, 2.24) is 0 Å². The van der Waals surface area contributed by atoms with Crippen molar-refractivity contribution in [2.45, 2.75) is 43.5 Å². The minimum atomic E-state index is -3.01. The molecule has 3 atom stereocenters. The third kappa shape index (κ3) is 3.18. The summed E-state index contributed by atoms with van der Waals surface area (Å²) in [5.74, 6) is 0.00312. The van der Waals surface area contributed by atoms with Crippen LogP contribution in [-0.4, -0.2) is 25.0 Å². The highest BCUT2D eigenvalue weighted by Gasteiger charge is 2.39. The summed E-state index contributed by atoms with van der Waals surface area (Å²) in [6.07, 6.45) is 4.33. The van der Waals surface area contributed by atoms with Crippen molar-refractivity contribution in [1.29, 1.82) is 0 Å². The molecule has 1 N–H and O–H groups in total. The van der Waals surface area contributed by atoms with Crippen LogP contribution in [0.5, 0.6) is 0 Å². The summed E-state index contributed by atoms with van der Waals surface area (Å²) in [6.45, 7) is 1.80. The Hall–Kier alpha value is -0.870. The van der Waals surface area contributed by atoms with E-state index < -0.39 is 15.4 Å². The predicted octanol–water partition coefficient (Wildman–Crippen LogP) is 2.50. The molecule has 0 heterocycles. The molecule has 0 aliphatic heterocycles. The molecule has 0 aromatic heterocycles. The average Bonchev–Trinajstić information content (AvgIpc) is 2.39. The summed E-state index contributed by atoms with van der Waals surface area (Å²) in [4.78, 5) is 0. The van der Waals surface area contributed by atoms with E-state index in [0.717, 1.165) is 24.8 Å². The lowest BCUT2D eigenvalue weighted by atomic mass is 9.74. The third-order valence-corrected chi connectivity index (χ3v) is 6.02. The van der Waals surface area contributed by atoms with Gasteiger partial charge in [0.25, 0.3) is 0 Å². The zero-order valence-electron chi connectivity index (χ0n) is 11.5. The highest BCUT2D eigenvalue weighted by Crippen LogP contribution is 2.40. The zero-order valence-corrected chi connectivity index (χ0v) is 12.4. The Balaban J connectivity index is 2.22. The molecule has 1 aliphatic rings. The van der Waals surface area contributed by atoms with Gasteiger partial charge in [0.2, 0.25) is 0 Å². The fourth-order valence-electron chi connectivity index (χ4n) is 3.06. The van der Waals surface area contributed by atoms with Gasteiger partial charge in [-0.2, -0.15) is 0 Å². The van der Waals surface area contributed by atoms with Gasteiger partial charge in [-0.1, -0.05) is 36.8 Å². The molecule has 0 saturated heterocycles. The van der Waals surface area contributed by atoms with E-state index in [2.05, 4.69) is 0 Å². The van der Waals surface area contributed by atoms with Crippen LogP contribution in [0.3, 0.4) is 0 Å². The first-order chi connectivity index (χ1) is 8.82. The maximum Gasteiger partial charge on any atom is 0.150 e. The van der Waals surface area contributed by atoms with E-state index in [1.807, 2.05) is 30.3 Å². The van der Waals surface area contributed by atoms with Gasteiger partial charge in [0.15, 0.2) is 0 Å². The van der Waals surface area contributed by atoms with E-state index in [-0.39, 0.29) is 11.2 Å². The lowest BCUT2D eigenvalue weighted by Gasteiger charge is -2.38. The van der Waals surface area contributed by atoms with Gasteiger partial charge in [-0.3, -0.25) is 0 Å². The molecule has 0 spiro atoms. The molecule has 1 aromatic rings. The molecular formula is C15H22O3S. The van der Waals surface area contributed by atoms with Crippen molar-refractivity contribution in [3.63, 3.8) is 0 Å². The molecule has 0 amide bonds. The standard InChI is InChI=1S/C15H22O3S/c1-15(16,12-7-4-3-5-8-12)13-9-6-10-14(11-13)19(2,17)18/h3-5,7-8,13-14,16H,6,9-11H2,1-2H3. The van der Waals surface area contributed by atoms with E-state index in [4.69, 9.17) is 0 Å². The van der Waals surface area contributed by atoms with E-state index in [1.165, 1.54) is 6.26 Å². The SMILES string of the molecule is CC(O)(c1ccccc1)C1CCCC(S(C)(=O)=O)C1. The Morgan fingerprint density at radius 2 is 1.84 bits per heavy atom. The van der Waals surface area contributed by atoms with Gasteiger partial charge in [0.05, 0.1) is 10.9 Å². The molecule has 3 unspecified atom stereocenters. The Kier molecular flexibility index (Phi) is 4.02. The maximum absolute atomic E-state index is 11.7. The first kappa shape index (κ1) is 14.5. The molecule has 2 rings (SSSR count). The third-order valence-electron chi connectivity index (χ3n) is 4.38. The second kappa shape index (κ2) is 5.25. The number of sulfone groups is 1. The zero-order chi connectivity index (χ0) is 14.1. The molecule has 0 radical (unpaired) electrons. The van der Waals surface area contributed by atoms with Gasteiger partial charge in [-0.05, 0) is 37.7 Å². The fraction of sp³-hybridized carbons (Fsp3) is 0.600. The van der Waals surface area contributed by atoms with Gasteiger partial charge < -0.3 is 5.11 Å². The molecule has 3 nitrogen and oxygen atoms in total. The van der Waals surface area contributed by atoms with E-state index in [1.54, 1.807) is 6.92 Å². The van der Waals surface area contributed by atoms with Crippen LogP contribution in [-0.2, 0) is 15.4 Å². The maximum atomic E-state index is 11.7. The predicted molar refractivity (Wildman–Crippen MR) is 76.6 cm³/mol. The van der Waals surface area contributed by atoms with Crippen LogP contribution in [0.4, 0.5) is 0 Å². The van der Waals surface area contributed by atoms with Crippen molar-refractivity contribution in [3.8, 4) is 0 Å². The second-order valence-corrected chi connectivity index (χ2v) is 8.15. The average molecular weight is 282 g/mol. The topological polar surface area (TPSA) is 54.4 Å². The van der Waals surface area contributed by atoms with Gasteiger partial charge >= 0.3 is 0 Å². The fourth-order valence-corrected chi connectivity index (χ4v) is 4.23. The van der Waals surface area contributed by atoms with Gasteiger partial charge in [-0.15, -0.1) is 0 Å². The number of benzene rings is 1. The largest absolute Gasteiger partial charge is 0.385 e. The highest BCUT2D eigenvalue weighted by atomic mass is 32.2. The number of aliphatic hydroxyl groups is 1. The molecule has 19 heavy (non-hydrogen) atoms. The lowest BCUT2D eigenvalue weighted by Crippen LogP contribution is -2.38. The van der Waals surface area contributed by atoms with Crippen molar-refractivity contribution in [3.05, 3.63) is 35.9 Å². The molecule has 4 heteroatoms. The summed E-state index contributed by atoms with van der Waals surface area (Å²) in [6, 6.07) is 9.54. The highest BCUT2D eigenvalue weighted by molar-refractivity contribution is 7.91. The van der Waals surface area contributed by atoms with E-state index in [0.29, 0.717) is 6.42 Å². The molecule has 1 fully saturated rings. The van der Waals surface area contributed by atoms with Gasteiger partial charge in [0.1, 0.15) is 9.84 Å². The molecule has 1 saturated carbocycles. The van der Waals surface area contributed by atoms with E-state index in [9.17, 15) is 13.5 Å². The Bertz CT molecular complexity index is 520. The normalized spacial score (nSPS) is 27.7. The quantitative estimate of drug-likeness (QED) is 0.926. The van der Waals surface area contributed by atoms with Crippen LogP contribution < -0.4 is 0 Å². The second-order valence-electron chi connectivity index (χ2n) is 5.83.